The lowest BCUT2D eigenvalue weighted by Gasteiger charge is -2.30. The summed E-state index contributed by atoms with van der Waals surface area (Å²) in [5.74, 6) is 0.675. The molecule has 0 amide bonds. The van der Waals surface area contributed by atoms with Gasteiger partial charge in [0.2, 0.25) is 0 Å². The van der Waals surface area contributed by atoms with Crippen molar-refractivity contribution < 1.29 is 8.42 Å². The Morgan fingerprint density at radius 3 is 2.73 bits per heavy atom. The van der Waals surface area contributed by atoms with Gasteiger partial charge in [0.1, 0.15) is 0 Å². The van der Waals surface area contributed by atoms with E-state index in [-0.39, 0.29) is 29.4 Å². The minimum atomic E-state index is -3.56. The van der Waals surface area contributed by atoms with Crippen LogP contribution in [0.15, 0.2) is 17.6 Å². The Kier molecular flexibility index (Phi) is 7.31. The van der Waals surface area contributed by atoms with E-state index in [0.29, 0.717) is 12.5 Å². The van der Waals surface area contributed by atoms with Gasteiger partial charge in [0.05, 0.1) is 6.33 Å². The van der Waals surface area contributed by atoms with Gasteiger partial charge in [-0.3, -0.25) is 0 Å². The summed E-state index contributed by atoms with van der Waals surface area (Å²) < 4.78 is 29.5. The SMILES string of the molecule is CC(C)Cn1cnc(S(=O)(=O)NC2CCCCC2CN)c1.Cl. The molecule has 1 aliphatic rings. The average molecular weight is 351 g/mol. The Hall–Kier alpha value is -0.630. The molecular weight excluding hydrogens is 324 g/mol. The number of sulfonamides is 1. The topological polar surface area (TPSA) is 90.0 Å². The summed E-state index contributed by atoms with van der Waals surface area (Å²) in [6.45, 7) is 5.45. The highest BCUT2D eigenvalue weighted by molar-refractivity contribution is 7.89. The highest BCUT2D eigenvalue weighted by Crippen LogP contribution is 2.24. The van der Waals surface area contributed by atoms with Crippen LogP contribution in [0.2, 0.25) is 0 Å². The van der Waals surface area contributed by atoms with E-state index in [1.54, 1.807) is 12.5 Å². The first-order chi connectivity index (χ1) is 9.92. The minimum Gasteiger partial charge on any atom is -0.336 e. The maximum atomic E-state index is 12.4. The van der Waals surface area contributed by atoms with E-state index >= 15 is 0 Å². The van der Waals surface area contributed by atoms with E-state index in [1.165, 1.54) is 0 Å². The first-order valence-corrected chi connectivity index (χ1v) is 9.15. The summed E-state index contributed by atoms with van der Waals surface area (Å²) in [6.07, 6.45) is 7.20. The zero-order valence-electron chi connectivity index (χ0n) is 13.2. The number of aromatic nitrogens is 2. The van der Waals surface area contributed by atoms with Crippen LogP contribution in [0.3, 0.4) is 0 Å². The molecule has 0 radical (unpaired) electrons. The van der Waals surface area contributed by atoms with Crippen LogP contribution < -0.4 is 10.5 Å². The van der Waals surface area contributed by atoms with Gasteiger partial charge >= 0.3 is 0 Å². The molecule has 128 valence electrons. The fourth-order valence-corrected chi connectivity index (χ4v) is 4.19. The van der Waals surface area contributed by atoms with Crippen molar-refractivity contribution in [3.8, 4) is 0 Å². The fraction of sp³-hybridized carbons (Fsp3) is 0.786. The first-order valence-electron chi connectivity index (χ1n) is 7.66. The van der Waals surface area contributed by atoms with Crippen molar-refractivity contribution in [3.05, 3.63) is 12.5 Å². The van der Waals surface area contributed by atoms with Gasteiger partial charge in [0, 0.05) is 18.8 Å². The lowest BCUT2D eigenvalue weighted by molar-refractivity contribution is 0.296. The molecule has 8 heteroatoms. The predicted molar refractivity (Wildman–Crippen MR) is 89.4 cm³/mol. The Morgan fingerprint density at radius 1 is 1.41 bits per heavy atom. The molecule has 6 nitrogen and oxygen atoms in total. The van der Waals surface area contributed by atoms with Gasteiger partial charge in [0.15, 0.2) is 5.03 Å². The van der Waals surface area contributed by atoms with E-state index in [9.17, 15) is 8.42 Å². The molecule has 0 saturated heterocycles. The molecule has 1 heterocycles. The molecule has 3 N–H and O–H groups in total. The number of nitrogens with zero attached hydrogens (tertiary/aromatic N) is 2. The highest BCUT2D eigenvalue weighted by atomic mass is 35.5. The summed E-state index contributed by atoms with van der Waals surface area (Å²) in [5, 5.41) is 0.101. The minimum absolute atomic E-state index is 0. The van der Waals surface area contributed by atoms with Crippen molar-refractivity contribution >= 4 is 22.4 Å². The number of hydrogen-bond acceptors (Lipinski definition) is 4. The third-order valence-electron chi connectivity index (χ3n) is 3.98. The van der Waals surface area contributed by atoms with E-state index in [1.807, 2.05) is 4.57 Å². The van der Waals surface area contributed by atoms with E-state index in [0.717, 1.165) is 32.2 Å². The van der Waals surface area contributed by atoms with Crippen molar-refractivity contribution in [2.24, 2.45) is 17.6 Å². The molecular formula is C14H27ClN4O2S. The Bertz CT molecular complexity index is 559. The molecule has 22 heavy (non-hydrogen) atoms. The van der Waals surface area contributed by atoms with Gasteiger partial charge in [-0.1, -0.05) is 26.7 Å². The number of halogens is 1. The van der Waals surface area contributed by atoms with Crippen LogP contribution in [0.25, 0.3) is 0 Å². The second-order valence-corrected chi connectivity index (χ2v) is 7.97. The molecule has 0 spiro atoms. The molecule has 0 aromatic carbocycles. The maximum absolute atomic E-state index is 12.4. The number of nitrogens with one attached hydrogen (secondary N) is 1. The number of hydrogen-bond donors (Lipinski definition) is 2. The van der Waals surface area contributed by atoms with Crippen molar-refractivity contribution in [3.63, 3.8) is 0 Å². The van der Waals surface area contributed by atoms with Crippen molar-refractivity contribution in [1.29, 1.82) is 0 Å². The number of nitrogens with two attached hydrogens (primary N) is 1. The summed E-state index contributed by atoms with van der Waals surface area (Å²) >= 11 is 0. The van der Waals surface area contributed by atoms with Crippen molar-refractivity contribution in [1.82, 2.24) is 14.3 Å². The molecule has 1 saturated carbocycles. The highest BCUT2D eigenvalue weighted by Gasteiger charge is 2.29. The third kappa shape index (κ3) is 4.94. The van der Waals surface area contributed by atoms with Crippen LogP contribution in [-0.2, 0) is 16.6 Å². The molecule has 2 unspecified atom stereocenters. The van der Waals surface area contributed by atoms with Crippen molar-refractivity contribution in [2.45, 2.75) is 57.1 Å². The van der Waals surface area contributed by atoms with Gasteiger partial charge in [0.25, 0.3) is 10.0 Å². The molecule has 0 bridgehead atoms. The van der Waals surface area contributed by atoms with E-state index < -0.39 is 10.0 Å². The summed E-state index contributed by atoms with van der Waals surface area (Å²) in [4.78, 5) is 4.04. The molecule has 0 aliphatic heterocycles. The Morgan fingerprint density at radius 2 is 2.09 bits per heavy atom. The van der Waals surface area contributed by atoms with Gasteiger partial charge < -0.3 is 10.3 Å². The molecule has 1 aromatic heterocycles. The molecule has 1 aliphatic carbocycles. The molecule has 1 aromatic rings. The van der Waals surface area contributed by atoms with Gasteiger partial charge in [-0.25, -0.2) is 18.1 Å². The first kappa shape index (κ1) is 19.4. The normalized spacial score (nSPS) is 22.5. The second-order valence-electron chi connectivity index (χ2n) is 6.31. The average Bonchev–Trinajstić information content (AvgIpc) is 2.87. The third-order valence-corrected chi connectivity index (χ3v) is 5.35. The molecule has 2 atom stereocenters. The van der Waals surface area contributed by atoms with Crippen LogP contribution in [-0.4, -0.2) is 30.6 Å². The van der Waals surface area contributed by atoms with Crippen LogP contribution in [0, 0.1) is 11.8 Å². The van der Waals surface area contributed by atoms with Crippen LogP contribution in [0.1, 0.15) is 39.5 Å². The van der Waals surface area contributed by atoms with Crippen LogP contribution in [0.4, 0.5) is 0 Å². The number of rotatable bonds is 6. The van der Waals surface area contributed by atoms with E-state index in [4.69, 9.17) is 5.73 Å². The molecule has 1 fully saturated rings. The fourth-order valence-electron chi connectivity index (χ4n) is 2.90. The lowest BCUT2D eigenvalue weighted by atomic mass is 9.85. The summed E-state index contributed by atoms with van der Waals surface area (Å²) in [5.41, 5.74) is 5.76. The van der Waals surface area contributed by atoms with Crippen LogP contribution >= 0.6 is 12.4 Å². The second kappa shape index (κ2) is 8.29. The quantitative estimate of drug-likeness (QED) is 0.817. The monoisotopic (exact) mass is 350 g/mol. The summed E-state index contributed by atoms with van der Waals surface area (Å²) in [7, 11) is -3.56. The maximum Gasteiger partial charge on any atom is 0.259 e. The summed E-state index contributed by atoms with van der Waals surface area (Å²) in [6, 6.07) is -0.0657. The van der Waals surface area contributed by atoms with Crippen molar-refractivity contribution in [2.75, 3.05) is 6.54 Å². The Labute approximate surface area is 139 Å². The number of imidazole rings is 1. The van der Waals surface area contributed by atoms with Crippen LogP contribution in [0.5, 0.6) is 0 Å². The largest absolute Gasteiger partial charge is 0.336 e. The van der Waals surface area contributed by atoms with Gasteiger partial charge in [-0.15, -0.1) is 12.4 Å². The zero-order chi connectivity index (χ0) is 15.5. The van der Waals surface area contributed by atoms with Gasteiger partial charge in [-0.2, -0.15) is 0 Å². The van der Waals surface area contributed by atoms with Gasteiger partial charge in [-0.05, 0) is 31.2 Å². The smallest absolute Gasteiger partial charge is 0.259 e. The van der Waals surface area contributed by atoms with E-state index in [2.05, 4.69) is 23.6 Å². The lowest BCUT2D eigenvalue weighted by Crippen LogP contribution is -2.44. The zero-order valence-corrected chi connectivity index (χ0v) is 14.9. The molecule has 2 rings (SSSR count). The Balaban J connectivity index is 0.00000242. The standard InChI is InChI=1S/C14H26N4O2S.ClH/c1-11(2)8-18-9-14(16-10-18)21(19,20)17-13-6-4-3-5-12(13)7-15;/h9-13,17H,3-8,15H2,1-2H3;1H. The predicted octanol–water partition coefficient (Wildman–Crippen LogP) is 1.76.